The van der Waals surface area contributed by atoms with Gasteiger partial charge in [0.25, 0.3) is 0 Å². The van der Waals surface area contributed by atoms with Crippen LogP contribution in [0.4, 0.5) is 0 Å². The number of nitrogens with one attached hydrogen (secondary N) is 3. The molecular formula is C13H24N4O3. The average molecular weight is 284 g/mol. The van der Waals surface area contributed by atoms with Gasteiger partial charge < -0.3 is 20.9 Å². The van der Waals surface area contributed by atoms with E-state index in [-0.39, 0.29) is 24.9 Å². The van der Waals surface area contributed by atoms with E-state index in [1.54, 1.807) is 0 Å². The van der Waals surface area contributed by atoms with Crippen molar-refractivity contribution in [3.8, 4) is 0 Å². The lowest BCUT2D eigenvalue weighted by atomic mass is 10.2. The Labute approximate surface area is 119 Å². The summed E-state index contributed by atoms with van der Waals surface area (Å²) >= 11 is 0. The van der Waals surface area contributed by atoms with Gasteiger partial charge in [0, 0.05) is 45.2 Å². The van der Waals surface area contributed by atoms with E-state index in [1.807, 2.05) is 13.8 Å². The number of nitrogens with zero attached hydrogens (tertiary/aromatic N) is 1. The SMILES string of the molecule is CCC(C)NC(=O)CCNC(=O)C(=O)N1CCNCC1. The normalized spacial score (nSPS) is 16.4. The van der Waals surface area contributed by atoms with Crippen molar-refractivity contribution in [1.82, 2.24) is 20.9 Å². The number of carbonyl (C=O) groups excluding carboxylic acids is 3. The number of carbonyl (C=O) groups is 3. The van der Waals surface area contributed by atoms with Gasteiger partial charge in [-0.05, 0) is 13.3 Å². The first-order chi connectivity index (χ1) is 9.54. The van der Waals surface area contributed by atoms with E-state index in [0.29, 0.717) is 26.2 Å². The zero-order valence-corrected chi connectivity index (χ0v) is 12.2. The molecule has 1 fully saturated rings. The molecule has 3 amide bonds. The van der Waals surface area contributed by atoms with Gasteiger partial charge in [-0.15, -0.1) is 0 Å². The fraction of sp³-hybridized carbons (Fsp3) is 0.769. The first-order valence-electron chi connectivity index (χ1n) is 7.11. The zero-order chi connectivity index (χ0) is 15.0. The van der Waals surface area contributed by atoms with Gasteiger partial charge >= 0.3 is 11.8 Å². The van der Waals surface area contributed by atoms with Gasteiger partial charge in [0.15, 0.2) is 0 Å². The van der Waals surface area contributed by atoms with Crippen molar-refractivity contribution in [3.05, 3.63) is 0 Å². The molecule has 1 aliphatic rings. The van der Waals surface area contributed by atoms with Crippen molar-refractivity contribution in [2.24, 2.45) is 0 Å². The number of hydrogen-bond donors (Lipinski definition) is 3. The van der Waals surface area contributed by atoms with Gasteiger partial charge in [0.2, 0.25) is 5.91 Å². The molecule has 3 N–H and O–H groups in total. The van der Waals surface area contributed by atoms with Crippen molar-refractivity contribution >= 4 is 17.7 Å². The second-order valence-electron chi connectivity index (χ2n) is 4.92. The highest BCUT2D eigenvalue weighted by Crippen LogP contribution is 1.94. The Bertz CT molecular complexity index is 354. The van der Waals surface area contributed by atoms with Crippen LogP contribution in [0.2, 0.25) is 0 Å². The molecule has 1 unspecified atom stereocenters. The molecule has 0 spiro atoms. The fourth-order valence-corrected chi connectivity index (χ4v) is 1.83. The summed E-state index contributed by atoms with van der Waals surface area (Å²) in [5.74, 6) is -1.27. The smallest absolute Gasteiger partial charge is 0.311 e. The summed E-state index contributed by atoms with van der Waals surface area (Å²) in [6, 6.07) is 0.126. The summed E-state index contributed by atoms with van der Waals surface area (Å²) in [5, 5.41) is 8.40. The number of hydrogen-bond acceptors (Lipinski definition) is 4. The van der Waals surface area contributed by atoms with Crippen LogP contribution < -0.4 is 16.0 Å². The first-order valence-corrected chi connectivity index (χ1v) is 7.11. The van der Waals surface area contributed by atoms with E-state index in [4.69, 9.17) is 0 Å². The van der Waals surface area contributed by atoms with Gasteiger partial charge in [-0.3, -0.25) is 14.4 Å². The minimum absolute atomic E-state index is 0.116. The number of piperazine rings is 1. The summed E-state index contributed by atoms with van der Waals surface area (Å²) < 4.78 is 0. The van der Waals surface area contributed by atoms with Gasteiger partial charge in [-0.1, -0.05) is 6.92 Å². The Kier molecular flexibility index (Phi) is 7.00. The molecule has 0 aromatic heterocycles. The molecular weight excluding hydrogens is 260 g/mol. The topological polar surface area (TPSA) is 90.5 Å². The van der Waals surface area contributed by atoms with Crippen LogP contribution in [0, 0.1) is 0 Å². The van der Waals surface area contributed by atoms with E-state index in [0.717, 1.165) is 6.42 Å². The van der Waals surface area contributed by atoms with Crippen molar-refractivity contribution < 1.29 is 14.4 Å². The quantitative estimate of drug-likeness (QED) is 0.555. The predicted octanol–water partition coefficient (Wildman–Crippen LogP) is -1.16. The lowest BCUT2D eigenvalue weighted by molar-refractivity contribution is -0.146. The molecule has 1 atom stereocenters. The molecule has 0 radical (unpaired) electrons. The lowest BCUT2D eigenvalue weighted by Gasteiger charge is -2.26. The number of rotatable bonds is 5. The molecule has 1 aliphatic heterocycles. The monoisotopic (exact) mass is 284 g/mol. The van der Waals surface area contributed by atoms with Gasteiger partial charge in [0.05, 0.1) is 0 Å². The van der Waals surface area contributed by atoms with E-state index < -0.39 is 11.8 Å². The largest absolute Gasteiger partial charge is 0.354 e. The first kappa shape index (κ1) is 16.4. The molecule has 0 aliphatic carbocycles. The highest BCUT2D eigenvalue weighted by atomic mass is 16.2. The van der Waals surface area contributed by atoms with E-state index in [1.165, 1.54) is 4.90 Å². The van der Waals surface area contributed by atoms with Crippen molar-refractivity contribution in [2.45, 2.75) is 32.7 Å². The third kappa shape index (κ3) is 5.56. The van der Waals surface area contributed by atoms with E-state index in [2.05, 4.69) is 16.0 Å². The molecule has 1 rings (SSSR count). The van der Waals surface area contributed by atoms with Crippen molar-refractivity contribution in [1.29, 1.82) is 0 Å². The second-order valence-corrected chi connectivity index (χ2v) is 4.92. The summed E-state index contributed by atoms with van der Waals surface area (Å²) in [7, 11) is 0. The van der Waals surface area contributed by atoms with Gasteiger partial charge in [-0.25, -0.2) is 0 Å². The minimum atomic E-state index is -0.636. The van der Waals surface area contributed by atoms with E-state index >= 15 is 0 Å². The molecule has 7 nitrogen and oxygen atoms in total. The maximum atomic E-state index is 11.8. The highest BCUT2D eigenvalue weighted by molar-refractivity contribution is 6.35. The van der Waals surface area contributed by atoms with Crippen LogP contribution in [-0.4, -0.2) is 61.4 Å². The Morgan fingerprint density at radius 1 is 1.25 bits per heavy atom. The van der Waals surface area contributed by atoms with E-state index in [9.17, 15) is 14.4 Å². The van der Waals surface area contributed by atoms with Crippen LogP contribution in [0.5, 0.6) is 0 Å². The highest BCUT2D eigenvalue weighted by Gasteiger charge is 2.22. The van der Waals surface area contributed by atoms with Crippen LogP contribution >= 0.6 is 0 Å². The standard InChI is InChI=1S/C13H24N4O3/c1-3-10(2)16-11(18)4-5-15-12(19)13(20)17-8-6-14-7-9-17/h10,14H,3-9H2,1-2H3,(H,15,19)(H,16,18). The molecule has 0 saturated carbocycles. The summed E-state index contributed by atoms with van der Waals surface area (Å²) in [6.07, 6.45) is 1.05. The third-order valence-electron chi connectivity index (χ3n) is 3.26. The van der Waals surface area contributed by atoms with Crippen molar-refractivity contribution in [3.63, 3.8) is 0 Å². The molecule has 20 heavy (non-hydrogen) atoms. The predicted molar refractivity (Wildman–Crippen MR) is 75.0 cm³/mol. The average Bonchev–Trinajstić information content (AvgIpc) is 2.47. The molecule has 7 heteroatoms. The lowest BCUT2D eigenvalue weighted by Crippen LogP contribution is -2.51. The second kappa shape index (κ2) is 8.52. The Morgan fingerprint density at radius 3 is 2.50 bits per heavy atom. The minimum Gasteiger partial charge on any atom is -0.354 e. The van der Waals surface area contributed by atoms with Crippen LogP contribution in [0.15, 0.2) is 0 Å². The van der Waals surface area contributed by atoms with Crippen LogP contribution in [0.1, 0.15) is 26.7 Å². The number of amides is 3. The molecule has 114 valence electrons. The molecule has 1 heterocycles. The molecule has 0 aromatic carbocycles. The van der Waals surface area contributed by atoms with Crippen LogP contribution in [-0.2, 0) is 14.4 Å². The van der Waals surface area contributed by atoms with Gasteiger partial charge in [-0.2, -0.15) is 0 Å². The molecule has 0 bridgehead atoms. The molecule has 0 aromatic rings. The maximum absolute atomic E-state index is 11.8. The van der Waals surface area contributed by atoms with Crippen LogP contribution in [0.25, 0.3) is 0 Å². The fourth-order valence-electron chi connectivity index (χ4n) is 1.83. The summed E-state index contributed by atoms with van der Waals surface area (Å²) in [4.78, 5) is 36.4. The summed E-state index contributed by atoms with van der Waals surface area (Å²) in [5.41, 5.74) is 0. The van der Waals surface area contributed by atoms with Crippen molar-refractivity contribution in [2.75, 3.05) is 32.7 Å². The molecule has 1 saturated heterocycles. The Morgan fingerprint density at radius 2 is 1.90 bits per heavy atom. The van der Waals surface area contributed by atoms with Gasteiger partial charge in [0.1, 0.15) is 0 Å². The third-order valence-corrected chi connectivity index (χ3v) is 3.26. The zero-order valence-electron chi connectivity index (χ0n) is 12.2. The van der Waals surface area contributed by atoms with Crippen LogP contribution in [0.3, 0.4) is 0 Å². The Balaban J connectivity index is 2.22. The maximum Gasteiger partial charge on any atom is 0.311 e. The summed E-state index contributed by atoms with van der Waals surface area (Å²) in [6.45, 7) is 6.58. The Hall–Kier alpha value is -1.63.